The molecule has 3 rings (SSSR count). The minimum absolute atomic E-state index is 0.554. The molecule has 98 valence electrons. The fraction of sp³-hybridized carbons (Fsp3) is 0.286. The van der Waals surface area contributed by atoms with Crippen molar-refractivity contribution >= 4 is 22.6 Å². The first kappa shape index (κ1) is 12.2. The van der Waals surface area contributed by atoms with Gasteiger partial charge < -0.3 is 9.09 Å². The number of rotatable bonds is 4. The Hall–Kier alpha value is -1.81. The van der Waals surface area contributed by atoms with Crippen LogP contribution in [0, 0.1) is 6.92 Å². The van der Waals surface area contributed by atoms with Crippen molar-refractivity contribution in [1.29, 1.82) is 0 Å². The Bertz CT molecular complexity index is 688. The molecule has 0 saturated heterocycles. The molecule has 0 aliphatic carbocycles. The van der Waals surface area contributed by atoms with Gasteiger partial charge >= 0.3 is 0 Å². The topological polar surface area (TPSA) is 43.9 Å². The number of halogens is 1. The number of aryl methyl sites for hydroxylation is 2. The highest BCUT2D eigenvalue weighted by atomic mass is 35.5. The van der Waals surface area contributed by atoms with Crippen LogP contribution < -0.4 is 0 Å². The predicted octanol–water partition coefficient (Wildman–Crippen LogP) is 3.16. The van der Waals surface area contributed by atoms with Crippen LogP contribution >= 0.6 is 11.6 Å². The first-order valence-corrected chi connectivity index (χ1v) is 6.72. The molecule has 3 aromatic rings. The number of aromatic nitrogens is 3. The minimum Gasteiger partial charge on any atom is -0.359 e. The average Bonchev–Trinajstić information content (AvgIpc) is 3.00. The van der Waals surface area contributed by atoms with E-state index in [4.69, 9.17) is 16.1 Å². The van der Waals surface area contributed by atoms with Gasteiger partial charge in [-0.3, -0.25) is 0 Å². The van der Waals surface area contributed by atoms with Crippen LogP contribution in [-0.2, 0) is 13.0 Å². The molecule has 0 aliphatic rings. The maximum Gasteiger partial charge on any atom is 0.156 e. The van der Waals surface area contributed by atoms with Crippen molar-refractivity contribution in [1.82, 2.24) is 14.7 Å². The second kappa shape index (κ2) is 5.05. The van der Waals surface area contributed by atoms with Crippen LogP contribution in [0.3, 0.4) is 0 Å². The smallest absolute Gasteiger partial charge is 0.156 e. The van der Waals surface area contributed by atoms with Crippen LogP contribution in [0.4, 0.5) is 0 Å². The second-order valence-corrected chi connectivity index (χ2v) is 4.90. The molecule has 2 aromatic heterocycles. The van der Waals surface area contributed by atoms with Gasteiger partial charge in [0.1, 0.15) is 5.82 Å². The van der Waals surface area contributed by atoms with E-state index in [1.54, 1.807) is 6.20 Å². The average molecular weight is 276 g/mol. The highest BCUT2D eigenvalue weighted by molar-refractivity contribution is 6.17. The Morgan fingerprint density at radius 3 is 2.95 bits per heavy atom. The van der Waals surface area contributed by atoms with Gasteiger partial charge in [-0.05, 0) is 24.6 Å². The molecule has 2 heterocycles. The predicted molar refractivity (Wildman–Crippen MR) is 74.5 cm³/mol. The molecule has 19 heavy (non-hydrogen) atoms. The van der Waals surface area contributed by atoms with Crippen LogP contribution in [-0.4, -0.2) is 20.6 Å². The summed E-state index contributed by atoms with van der Waals surface area (Å²) < 4.78 is 7.33. The molecule has 0 saturated carbocycles. The van der Waals surface area contributed by atoms with E-state index in [1.165, 1.54) is 5.56 Å². The van der Waals surface area contributed by atoms with E-state index >= 15 is 0 Å². The van der Waals surface area contributed by atoms with E-state index in [1.807, 2.05) is 12.1 Å². The maximum absolute atomic E-state index is 5.86. The number of alkyl halides is 1. The third-order valence-corrected chi connectivity index (χ3v) is 3.30. The Morgan fingerprint density at radius 1 is 1.32 bits per heavy atom. The summed E-state index contributed by atoms with van der Waals surface area (Å²) in [6.45, 7) is 2.71. The lowest BCUT2D eigenvalue weighted by Crippen LogP contribution is -2.05. The lowest BCUT2D eigenvalue weighted by Gasteiger charge is -2.06. The van der Waals surface area contributed by atoms with Crippen LogP contribution in [0.5, 0.6) is 0 Å². The Morgan fingerprint density at radius 2 is 2.21 bits per heavy atom. The monoisotopic (exact) mass is 275 g/mol. The number of benzene rings is 1. The summed E-state index contributed by atoms with van der Waals surface area (Å²) >= 11 is 5.86. The molecule has 0 radical (unpaired) electrons. The summed E-state index contributed by atoms with van der Waals surface area (Å²) in [5.41, 5.74) is 3.31. The number of fused-ring (bicyclic) bond motifs is 1. The standard InChI is InChI=1S/C14H14ClN3O/c1-10-2-3-12-13(8-10)18(14(17-12)4-6-15)9-11-5-7-16-19-11/h2-3,5,7-8H,4,6,9H2,1H3. The summed E-state index contributed by atoms with van der Waals surface area (Å²) in [4.78, 5) is 4.64. The molecule has 0 unspecified atom stereocenters. The van der Waals surface area contributed by atoms with E-state index in [0.29, 0.717) is 12.4 Å². The van der Waals surface area contributed by atoms with E-state index in [2.05, 4.69) is 33.8 Å². The van der Waals surface area contributed by atoms with Crippen LogP contribution in [0.25, 0.3) is 11.0 Å². The van der Waals surface area contributed by atoms with Gasteiger partial charge in [0.15, 0.2) is 5.76 Å². The summed E-state index contributed by atoms with van der Waals surface area (Å²) in [6, 6.07) is 8.11. The number of imidazole rings is 1. The van der Waals surface area contributed by atoms with Gasteiger partial charge in [-0.1, -0.05) is 11.2 Å². The molecular weight excluding hydrogens is 262 g/mol. The highest BCUT2D eigenvalue weighted by Crippen LogP contribution is 2.20. The third kappa shape index (κ3) is 2.36. The summed E-state index contributed by atoms with van der Waals surface area (Å²) in [7, 11) is 0. The molecule has 4 nitrogen and oxygen atoms in total. The van der Waals surface area contributed by atoms with Crippen molar-refractivity contribution in [2.45, 2.75) is 19.9 Å². The van der Waals surface area contributed by atoms with Gasteiger partial charge in [0.25, 0.3) is 0 Å². The quantitative estimate of drug-likeness (QED) is 0.687. The largest absolute Gasteiger partial charge is 0.359 e. The zero-order chi connectivity index (χ0) is 13.2. The van der Waals surface area contributed by atoms with Crippen LogP contribution in [0.1, 0.15) is 17.1 Å². The maximum atomic E-state index is 5.86. The molecule has 0 aliphatic heterocycles. The second-order valence-electron chi connectivity index (χ2n) is 4.52. The molecule has 0 spiro atoms. The van der Waals surface area contributed by atoms with Gasteiger partial charge in [-0.25, -0.2) is 4.98 Å². The van der Waals surface area contributed by atoms with Gasteiger partial charge in [-0.2, -0.15) is 0 Å². The highest BCUT2D eigenvalue weighted by Gasteiger charge is 2.12. The lowest BCUT2D eigenvalue weighted by molar-refractivity contribution is 0.376. The summed E-state index contributed by atoms with van der Waals surface area (Å²) in [5.74, 6) is 2.35. The molecule has 0 fully saturated rings. The molecular formula is C14H14ClN3O. The van der Waals surface area contributed by atoms with Gasteiger partial charge in [0.05, 0.1) is 23.8 Å². The Labute approximate surface area is 116 Å². The van der Waals surface area contributed by atoms with Crippen molar-refractivity contribution in [3.8, 4) is 0 Å². The SMILES string of the molecule is Cc1ccc2nc(CCCl)n(Cc3ccno3)c2c1. The van der Waals surface area contributed by atoms with Crippen molar-refractivity contribution in [3.63, 3.8) is 0 Å². The third-order valence-electron chi connectivity index (χ3n) is 3.11. The molecule has 1 aromatic carbocycles. The molecule has 0 bridgehead atoms. The van der Waals surface area contributed by atoms with Gasteiger partial charge in [-0.15, -0.1) is 11.6 Å². The Balaban J connectivity index is 2.12. The lowest BCUT2D eigenvalue weighted by atomic mass is 10.2. The number of hydrogen-bond donors (Lipinski definition) is 0. The van der Waals surface area contributed by atoms with Gasteiger partial charge in [0, 0.05) is 18.4 Å². The first-order valence-electron chi connectivity index (χ1n) is 6.19. The molecule has 0 amide bonds. The molecule has 5 heteroatoms. The first-order chi connectivity index (χ1) is 9.28. The van der Waals surface area contributed by atoms with Crippen molar-refractivity contribution < 1.29 is 4.52 Å². The molecule has 0 atom stereocenters. The minimum atomic E-state index is 0.554. The normalized spacial score (nSPS) is 11.3. The van der Waals surface area contributed by atoms with E-state index < -0.39 is 0 Å². The van der Waals surface area contributed by atoms with E-state index in [9.17, 15) is 0 Å². The fourth-order valence-electron chi connectivity index (χ4n) is 2.21. The molecule has 0 N–H and O–H groups in total. The van der Waals surface area contributed by atoms with E-state index in [0.717, 1.165) is 29.0 Å². The van der Waals surface area contributed by atoms with Crippen molar-refractivity contribution in [2.24, 2.45) is 0 Å². The summed E-state index contributed by atoms with van der Waals surface area (Å²) in [6.07, 6.45) is 2.39. The van der Waals surface area contributed by atoms with E-state index in [-0.39, 0.29) is 0 Å². The summed E-state index contributed by atoms with van der Waals surface area (Å²) in [5, 5.41) is 3.74. The fourth-order valence-corrected chi connectivity index (χ4v) is 2.38. The number of hydrogen-bond acceptors (Lipinski definition) is 3. The number of nitrogens with zero attached hydrogens (tertiary/aromatic N) is 3. The van der Waals surface area contributed by atoms with Crippen LogP contribution in [0.15, 0.2) is 35.0 Å². The zero-order valence-electron chi connectivity index (χ0n) is 10.6. The van der Waals surface area contributed by atoms with Crippen LogP contribution in [0.2, 0.25) is 0 Å². The Kier molecular flexibility index (Phi) is 3.25. The zero-order valence-corrected chi connectivity index (χ0v) is 11.4. The van der Waals surface area contributed by atoms with Crippen molar-refractivity contribution in [3.05, 3.63) is 47.6 Å². The van der Waals surface area contributed by atoms with Gasteiger partial charge in [0.2, 0.25) is 0 Å². The van der Waals surface area contributed by atoms with Crippen molar-refractivity contribution in [2.75, 3.05) is 5.88 Å².